The maximum Gasteiger partial charge on any atom is 0.210 e. The van der Waals surface area contributed by atoms with E-state index in [2.05, 4.69) is 38.9 Å². The summed E-state index contributed by atoms with van der Waals surface area (Å²) in [5, 5.41) is 9.88. The zero-order chi connectivity index (χ0) is 23.2. The smallest absolute Gasteiger partial charge is 0.210 e. The Hall–Kier alpha value is -2.75. The van der Waals surface area contributed by atoms with E-state index in [1.165, 1.54) is 25.0 Å². The van der Waals surface area contributed by atoms with Gasteiger partial charge in [-0.1, -0.05) is 44.4 Å². The van der Waals surface area contributed by atoms with E-state index < -0.39 is 0 Å². The van der Waals surface area contributed by atoms with E-state index in [9.17, 15) is 9.18 Å². The molecule has 6 heteroatoms. The fourth-order valence-electron chi connectivity index (χ4n) is 3.80. The third-order valence-corrected chi connectivity index (χ3v) is 5.42. The van der Waals surface area contributed by atoms with E-state index in [4.69, 9.17) is 10.00 Å². The number of ether oxygens (including phenoxy) is 1. The van der Waals surface area contributed by atoms with E-state index in [-0.39, 0.29) is 11.9 Å². The van der Waals surface area contributed by atoms with Gasteiger partial charge in [-0.15, -0.1) is 0 Å². The summed E-state index contributed by atoms with van der Waals surface area (Å²) in [6, 6.07) is 6.61. The largest absolute Gasteiger partial charge is 0.377 e. The van der Waals surface area contributed by atoms with Crippen molar-refractivity contribution in [2.24, 2.45) is 0 Å². The fourth-order valence-corrected chi connectivity index (χ4v) is 3.80. The molecule has 168 valence electrons. The summed E-state index contributed by atoms with van der Waals surface area (Å²) in [7, 11) is 0. The molecule has 1 saturated heterocycles. The van der Waals surface area contributed by atoms with Gasteiger partial charge in [0.25, 0.3) is 0 Å². The number of amides is 1. The van der Waals surface area contributed by atoms with E-state index in [0.29, 0.717) is 18.7 Å². The van der Waals surface area contributed by atoms with Crippen molar-refractivity contribution in [2.75, 3.05) is 19.7 Å². The molecular weight excluding hydrogens is 393 g/mol. The number of carbonyl (C=O) groups excluding carboxylic acids is 1. The molecule has 1 amide bonds. The van der Waals surface area contributed by atoms with Gasteiger partial charge in [0.1, 0.15) is 5.82 Å². The van der Waals surface area contributed by atoms with E-state index in [1.54, 1.807) is 29.2 Å². The van der Waals surface area contributed by atoms with Gasteiger partial charge in [0.2, 0.25) is 6.41 Å². The van der Waals surface area contributed by atoms with Crippen LogP contribution in [-0.2, 0) is 9.53 Å². The number of hydrogen-bond acceptors (Lipinski definition) is 4. The summed E-state index contributed by atoms with van der Waals surface area (Å²) in [4.78, 5) is 12.9. The van der Waals surface area contributed by atoms with E-state index in [1.807, 2.05) is 0 Å². The Kier molecular flexibility index (Phi) is 12.1. The Morgan fingerprint density at radius 3 is 2.42 bits per heavy atom. The van der Waals surface area contributed by atoms with E-state index >= 15 is 0 Å². The molecule has 2 aliphatic heterocycles. The molecule has 1 fully saturated rings. The van der Waals surface area contributed by atoms with Crippen molar-refractivity contribution < 1.29 is 13.9 Å². The lowest BCUT2D eigenvalue weighted by molar-refractivity contribution is -0.119. The van der Waals surface area contributed by atoms with Crippen LogP contribution in [0.5, 0.6) is 0 Å². The Bertz CT molecular complexity index is 750. The van der Waals surface area contributed by atoms with Crippen molar-refractivity contribution in [1.82, 2.24) is 10.2 Å². The molecule has 0 saturated carbocycles. The normalized spacial score (nSPS) is 22.9. The number of carbonyl (C=O) groups is 1. The monoisotopic (exact) mass is 427 g/mol. The van der Waals surface area contributed by atoms with Gasteiger partial charge in [-0.25, -0.2) is 9.65 Å². The molecule has 0 radical (unpaired) electrons. The van der Waals surface area contributed by atoms with Crippen LogP contribution in [0.25, 0.3) is 0 Å². The minimum atomic E-state index is -0.287. The molecule has 1 aromatic rings. The molecule has 0 spiro atoms. The quantitative estimate of drug-likeness (QED) is 0.669. The number of nitrogens with one attached hydrogen (secondary N) is 1. The van der Waals surface area contributed by atoms with Gasteiger partial charge < -0.3 is 15.0 Å². The minimum Gasteiger partial charge on any atom is -0.377 e. The van der Waals surface area contributed by atoms with Crippen LogP contribution in [0.4, 0.5) is 4.39 Å². The first-order valence-corrected chi connectivity index (χ1v) is 10.6. The number of rotatable bonds is 6. The van der Waals surface area contributed by atoms with Crippen molar-refractivity contribution in [2.45, 2.75) is 51.3 Å². The lowest BCUT2D eigenvalue weighted by atomic mass is 9.88. The van der Waals surface area contributed by atoms with Crippen LogP contribution in [-0.4, -0.2) is 43.2 Å². The van der Waals surface area contributed by atoms with Crippen LogP contribution < -0.4 is 5.32 Å². The molecular formula is C25H34FN3O2. The lowest BCUT2D eigenvalue weighted by Gasteiger charge is -2.35. The molecule has 1 aromatic carbocycles. The Morgan fingerprint density at radius 1 is 1.26 bits per heavy atom. The fraction of sp³-hybridized carbons (Fsp3) is 0.440. The number of hydrogen-bond donors (Lipinski definition) is 1. The maximum atomic E-state index is 13.0. The highest BCUT2D eigenvalue weighted by atomic mass is 19.1. The molecule has 0 aliphatic carbocycles. The molecule has 5 nitrogen and oxygen atoms in total. The summed E-state index contributed by atoms with van der Waals surface area (Å²) < 4.78 is 18.5. The third-order valence-electron chi connectivity index (χ3n) is 5.42. The van der Waals surface area contributed by atoms with Crippen molar-refractivity contribution in [1.29, 1.82) is 5.26 Å². The number of halogens is 1. The highest BCUT2D eigenvalue weighted by molar-refractivity contribution is 5.55. The highest BCUT2D eigenvalue weighted by Gasteiger charge is 2.27. The Labute approximate surface area is 185 Å². The predicted molar refractivity (Wildman–Crippen MR) is 123 cm³/mol. The first-order chi connectivity index (χ1) is 15.0. The Morgan fingerprint density at radius 2 is 1.94 bits per heavy atom. The number of allylic oxidation sites excluding steroid dienone is 1. The second-order valence-corrected chi connectivity index (χ2v) is 7.41. The number of likely N-dealkylation sites (N-methyl/N-ethyl adjacent to an activating group) is 1. The average Bonchev–Trinajstić information content (AvgIpc) is 2.82. The molecule has 31 heavy (non-hydrogen) atoms. The van der Waals surface area contributed by atoms with Gasteiger partial charge in [0, 0.05) is 19.2 Å². The number of benzene rings is 1. The predicted octanol–water partition coefficient (Wildman–Crippen LogP) is 4.70. The van der Waals surface area contributed by atoms with Crippen LogP contribution in [0, 0.1) is 17.7 Å². The second-order valence-electron chi connectivity index (χ2n) is 7.41. The molecule has 3 rings (SSSR count). The molecule has 2 heterocycles. The van der Waals surface area contributed by atoms with Gasteiger partial charge in [0.05, 0.1) is 18.8 Å². The summed E-state index contributed by atoms with van der Waals surface area (Å²) in [6.07, 6.45) is 8.11. The average molecular weight is 428 g/mol. The number of nitriles is 1. The van der Waals surface area contributed by atoms with Crippen LogP contribution in [0.15, 0.2) is 60.7 Å². The Balaban J connectivity index is 0.000000337. The third kappa shape index (κ3) is 7.78. The first kappa shape index (κ1) is 26.3. The molecule has 0 aromatic heterocycles. The van der Waals surface area contributed by atoms with Gasteiger partial charge in [-0.2, -0.15) is 0 Å². The molecule has 1 N–H and O–H groups in total. The molecule has 2 aliphatic rings. The summed E-state index contributed by atoms with van der Waals surface area (Å²) in [5.74, 6) is -0.287. The SMILES string of the molecule is C#N.C=CC1=C(C=C)[C@H](c2ccc(F)cc2)N(C=O)CC1.CCNC1CC[C@H](C)OC1. The topological polar surface area (TPSA) is 65.4 Å². The lowest BCUT2D eigenvalue weighted by Crippen LogP contribution is -2.38. The van der Waals surface area contributed by atoms with Gasteiger partial charge >= 0.3 is 0 Å². The van der Waals surface area contributed by atoms with Gasteiger partial charge in [-0.3, -0.25) is 4.79 Å². The van der Waals surface area contributed by atoms with Crippen LogP contribution in [0.1, 0.15) is 44.7 Å². The minimum absolute atomic E-state index is 0.211. The highest BCUT2D eigenvalue weighted by Crippen LogP contribution is 2.35. The van der Waals surface area contributed by atoms with Crippen molar-refractivity contribution in [3.05, 3.63) is 72.1 Å². The molecule has 1 unspecified atom stereocenters. The van der Waals surface area contributed by atoms with Gasteiger partial charge in [0.15, 0.2) is 0 Å². The van der Waals surface area contributed by atoms with Crippen LogP contribution in [0.2, 0.25) is 0 Å². The van der Waals surface area contributed by atoms with Crippen LogP contribution in [0.3, 0.4) is 0 Å². The zero-order valence-corrected chi connectivity index (χ0v) is 18.6. The second kappa shape index (κ2) is 14.3. The standard InChI is InChI=1S/C16H16FNO.C8H17NO.CHN/c1-3-12-9-10-18(11-19)16(15(12)4-2)13-5-7-14(17)8-6-13;1-3-9-8-5-4-7(2)10-6-8;1-2/h3-8,11,16H,1-2,9-10H2;7-9H,3-6H2,1-2H3;1H/t16-;7-,8?;/m00./s1. The summed E-state index contributed by atoms with van der Waals surface area (Å²) >= 11 is 0. The molecule has 0 bridgehead atoms. The number of nitrogens with zero attached hydrogens (tertiary/aromatic N) is 2. The molecule has 3 atom stereocenters. The van der Waals surface area contributed by atoms with Crippen molar-refractivity contribution in [3.8, 4) is 6.57 Å². The van der Waals surface area contributed by atoms with Gasteiger partial charge in [-0.05, 0) is 61.6 Å². The maximum absolute atomic E-state index is 13.0. The first-order valence-electron chi connectivity index (χ1n) is 10.6. The zero-order valence-electron chi connectivity index (χ0n) is 18.6. The summed E-state index contributed by atoms with van der Waals surface area (Å²) in [6.45, 7) is 18.0. The summed E-state index contributed by atoms with van der Waals surface area (Å²) in [5.41, 5.74) is 2.92. The van der Waals surface area contributed by atoms with Crippen LogP contribution >= 0.6 is 0 Å². The van der Waals surface area contributed by atoms with E-state index in [0.717, 1.165) is 42.7 Å². The van der Waals surface area contributed by atoms with Crippen molar-refractivity contribution in [3.63, 3.8) is 0 Å². The van der Waals surface area contributed by atoms with Crippen molar-refractivity contribution >= 4 is 6.41 Å².